The lowest BCUT2D eigenvalue weighted by atomic mass is 9.81. The molecule has 126 valence electrons. The maximum Gasteiger partial charge on any atom is 0.281 e. The molecule has 1 heterocycles. The molecular formula is C18H24INO3. The topological polar surface area (TPSA) is 61.5 Å². The van der Waals surface area contributed by atoms with Crippen molar-refractivity contribution in [1.29, 1.82) is 0 Å². The SMILES string of the molecule is CC(CCC(=O)C1=CC2OC(N)(I)O[C@H]2C=C1)C1CC=CCC1. The van der Waals surface area contributed by atoms with Crippen LogP contribution in [0.25, 0.3) is 0 Å². The molecule has 5 heteroatoms. The van der Waals surface area contributed by atoms with Crippen LogP contribution in [0.4, 0.5) is 0 Å². The predicted octanol–water partition coefficient (Wildman–Crippen LogP) is 3.61. The first-order chi connectivity index (χ1) is 10.9. The minimum Gasteiger partial charge on any atom is -0.319 e. The zero-order valence-corrected chi connectivity index (χ0v) is 15.6. The fourth-order valence-electron chi connectivity index (χ4n) is 3.50. The van der Waals surface area contributed by atoms with Crippen molar-refractivity contribution in [2.75, 3.05) is 0 Å². The third kappa shape index (κ3) is 4.32. The van der Waals surface area contributed by atoms with Crippen LogP contribution >= 0.6 is 22.6 Å². The molecule has 0 aromatic carbocycles. The Morgan fingerprint density at radius 1 is 1.43 bits per heavy atom. The van der Waals surface area contributed by atoms with E-state index >= 15 is 0 Å². The first-order valence-corrected chi connectivity index (χ1v) is 9.44. The van der Waals surface area contributed by atoms with E-state index in [4.69, 9.17) is 15.2 Å². The molecule has 3 aliphatic rings. The Morgan fingerprint density at radius 2 is 2.22 bits per heavy atom. The molecule has 0 bridgehead atoms. The maximum absolute atomic E-state index is 12.5. The predicted molar refractivity (Wildman–Crippen MR) is 97.8 cm³/mol. The summed E-state index contributed by atoms with van der Waals surface area (Å²) in [5.41, 5.74) is 6.55. The monoisotopic (exact) mass is 429 g/mol. The van der Waals surface area contributed by atoms with Gasteiger partial charge in [0.05, 0.1) is 0 Å². The molecule has 1 saturated heterocycles. The summed E-state index contributed by atoms with van der Waals surface area (Å²) < 4.78 is 10.1. The normalized spacial score (nSPS) is 37.3. The van der Waals surface area contributed by atoms with Gasteiger partial charge in [0.1, 0.15) is 12.2 Å². The smallest absolute Gasteiger partial charge is 0.281 e. The summed E-state index contributed by atoms with van der Waals surface area (Å²) in [6, 6.07) is 0. The summed E-state index contributed by atoms with van der Waals surface area (Å²) in [5, 5.41) is 0. The van der Waals surface area contributed by atoms with Gasteiger partial charge in [-0.15, -0.1) is 0 Å². The van der Waals surface area contributed by atoms with Crippen molar-refractivity contribution in [2.24, 2.45) is 17.6 Å². The van der Waals surface area contributed by atoms with Crippen molar-refractivity contribution >= 4 is 28.4 Å². The molecule has 4 unspecified atom stereocenters. The number of alkyl halides is 1. The standard InChI is InChI=1S/C18H24INO3/c1-12(13-5-3-2-4-6-13)7-9-15(21)14-8-10-16-17(11-14)23-18(19,20)22-16/h2-3,8,10-13,16-17H,4-7,9,20H2,1H3/t12?,13?,16-,17?,18?/m0/s1. The molecule has 0 spiro atoms. The third-order valence-corrected chi connectivity index (χ3v) is 5.50. The molecule has 3 rings (SSSR count). The number of allylic oxidation sites excluding steroid dienone is 4. The van der Waals surface area contributed by atoms with Gasteiger partial charge in [-0.2, -0.15) is 0 Å². The Hall–Kier alpha value is -0.500. The molecule has 0 aromatic rings. The van der Waals surface area contributed by atoms with E-state index in [0.29, 0.717) is 12.3 Å². The zero-order chi connectivity index (χ0) is 16.4. The van der Waals surface area contributed by atoms with Crippen LogP contribution in [0.1, 0.15) is 39.0 Å². The molecule has 4 nitrogen and oxygen atoms in total. The molecule has 0 radical (unpaired) electrons. The van der Waals surface area contributed by atoms with Crippen molar-refractivity contribution in [3.05, 3.63) is 36.0 Å². The van der Waals surface area contributed by atoms with Crippen molar-refractivity contribution in [3.8, 4) is 0 Å². The molecule has 2 aliphatic carbocycles. The summed E-state index contributed by atoms with van der Waals surface area (Å²) in [7, 11) is 0. The number of fused-ring (bicyclic) bond motifs is 1. The minimum atomic E-state index is -1.10. The van der Waals surface area contributed by atoms with Gasteiger partial charge in [-0.25, -0.2) is 0 Å². The van der Waals surface area contributed by atoms with Crippen molar-refractivity contribution in [1.82, 2.24) is 0 Å². The minimum absolute atomic E-state index is 0.185. The molecule has 23 heavy (non-hydrogen) atoms. The van der Waals surface area contributed by atoms with Gasteiger partial charge in [0.15, 0.2) is 5.78 Å². The van der Waals surface area contributed by atoms with Crippen molar-refractivity contribution in [2.45, 2.75) is 55.2 Å². The molecule has 5 atom stereocenters. The van der Waals surface area contributed by atoms with Crippen LogP contribution in [-0.4, -0.2) is 21.9 Å². The van der Waals surface area contributed by atoms with E-state index in [1.54, 1.807) is 0 Å². The number of carbonyl (C=O) groups excluding carboxylic acids is 1. The van der Waals surface area contributed by atoms with Gasteiger partial charge in [-0.05, 0) is 43.6 Å². The number of hydrogen-bond donors (Lipinski definition) is 1. The number of ether oxygens (including phenoxy) is 2. The molecule has 1 fully saturated rings. The number of halogens is 1. The average molecular weight is 429 g/mol. The average Bonchev–Trinajstić information content (AvgIpc) is 2.85. The summed E-state index contributed by atoms with van der Waals surface area (Å²) in [6.07, 6.45) is 14.8. The van der Waals surface area contributed by atoms with Crippen LogP contribution in [-0.2, 0) is 14.3 Å². The lowest BCUT2D eigenvalue weighted by Gasteiger charge is -2.24. The highest BCUT2D eigenvalue weighted by Crippen LogP contribution is 2.35. The van der Waals surface area contributed by atoms with E-state index in [1.807, 2.05) is 40.8 Å². The quantitative estimate of drug-likeness (QED) is 0.314. The Balaban J connectivity index is 1.53. The molecule has 1 aliphatic heterocycles. The molecule has 0 amide bonds. The lowest BCUT2D eigenvalue weighted by Crippen LogP contribution is -2.33. The van der Waals surface area contributed by atoms with Gasteiger partial charge in [0.25, 0.3) is 3.92 Å². The summed E-state index contributed by atoms with van der Waals surface area (Å²) in [5.74, 6) is 1.49. The molecule has 2 N–H and O–H groups in total. The fraction of sp³-hybridized carbons (Fsp3) is 0.611. The number of carbonyl (C=O) groups is 1. The van der Waals surface area contributed by atoms with Crippen molar-refractivity contribution in [3.63, 3.8) is 0 Å². The first-order valence-electron chi connectivity index (χ1n) is 8.36. The number of hydrogen-bond acceptors (Lipinski definition) is 4. The molecule has 0 saturated carbocycles. The second-order valence-electron chi connectivity index (χ2n) is 6.71. The second kappa shape index (κ2) is 7.17. The van der Waals surface area contributed by atoms with Crippen LogP contribution in [0.15, 0.2) is 36.0 Å². The third-order valence-electron chi connectivity index (χ3n) is 4.99. The lowest BCUT2D eigenvalue weighted by molar-refractivity contribution is -0.115. The highest BCUT2D eigenvalue weighted by atomic mass is 127. The summed E-state index contributed by atoms with van der Waals surface area (Å²) in [4.78, 5) is 12.5. The Kier molecular flexibility index (Phi) is 5.40. The van der Waals surface area contributed by atoms with Gasteiger partial charge in [-0.3, -0.25) is 10.5 Å². The molecular weight excluding hydrogens is 405 g/mol. The number of Topliss-reactive ketones (excluding diaryl/α,β-unsaturated/α-hetero) is 1. The highest BCUT2D eigenvalue weighted by molar-refractivity contribution is 14.1. The van der Waals surface area contributed by atoms with Gasteiger partial charge < -0.3 is 9.47 Å². The number of ketones is 1. The number of nitrogens with two attached hydrogens (primary N) is 1. The van der Waals surface area contributed by atoms with Gasteiger partial charge >= 0.3 is 0 Å². The van der Waals surface area contributed by atoms with E-state index in [0.717, 1.165) is 24.3 Å². The molecule has 0 aromatic heterocycles. The Morgan fingerprint density at radius 3 is 2.96 bits per heavy atom. The zero-order valence-electron chi connectivity index (χ0n) is 13.4. The van der Waals surface area contributed by atoms with Crippen LogP contribution in [0.2, 0.25) is 0 Å². The van der Waals surface area contributed by atoms with Gasteiger partial charge in [0.2, 0.25) is 0 Å². The maximum atomic E-state index is 12.5. The van der Waals surface area contributed by atoms with Crippen LogP contribution in [0, 0.1) is 11.8 Å². The fourth-order valence-corrected chi connectivity index (χ4v) is 4.09. The second-order valence-corrected chi connectivity index (χ2v) is 8.22. The Labute approximate surface area is 151 Å². The highest BCUT2D eigenvalue weighted by Gasteiger charge is 2.42. The first kappa shape index (κ1) is 17.3. The van der Waals surface area contributed by atoms with Crippen LogP contribution < -0.4 is 5.73 Å². The van der Waals surface area contributed by atoms with E-state index in [2.05, 4.69) is 19.1 Å². The van der Waals surface area contributed by atoms with Crippen LogP contribution in [0.5, 0.6) is 0 Å². The van der Waals surface area contributed by atoms with E-state index in [-0.39, 0.29) is 18.0 Å². The van der Waals surface area contributed by atoms with E-state index in [9.17, 15) is 4.79 Å². The van der Waals surface area contributed by atoms with E-state index in [1.165, 1.54) is 12.8 Å². The largest absolute Gasteiger partial charge is 0.319 e. The van der Waals surface area contributed by atoms with Gasteiger partial charge in [-0.1, -0.05) is 31.2 Å². The summed E-state index contributed by atoms with van der Waals surface area (Å²) >= 11 is 1.93. The number of rotatable bonds is 5. The van der Waals surface area contributed by atoms with Crippen molar-refractivity contribution < 1.29 is 14.3 Å². The van der Waals surface area contributed by atoms with E-state index < -0.39 is 3.92 Å². The summed E-state index contributed by atoms with van der Waals surface area (Å²) in [6.45, 7) is 2.27. The van der Waals surface area contributed by atoms with Gasteiger partial charge in [0, 0.05) is 34.6 Å². The Bertz CT molecular complexity index is 552. The van der Waals surface area contributed by atoms with Crippen LogP contribution in [0.3, 0.4) is 0 Å².